The summed E-state index contributed by atoms with van der Waals surface area (Å²) < 4.78 is 0. The van der Waals surface area contributed by atoms with Crippen molar-refractivity contribution in [1.82, 2.24) is 0 Å². The van der Waals surface area contributed by atoms with Gasteiger partial charge in [0, 0.05) is 8.07 Å². The van der Waals surface area contributed by atoms with E-state index >= 15 is 0 Å². The summed E-state index contributed by atoms with van der Waals surface area (Å²) in [7, 11) is -1.10. The molecule has 0 spiro atoms. The molecule has 0 amide bonds. The Kier molecular flexibility index (Phi) is 4.51. The lowest BCUT2D eigenvalue weighted by Crippen LogP contribution is -2.20. The van der Waals surface area contributed by atoms with Crippen LogP contribution in [0.5, 0.6) is 0 Å². The highest BCUT2D eigenvalue weighted by atomic mass is 28.3. The summed E-state index contributed by atoms with van der Waals surface area (Å²) in [4.78, 5) is 0. The molecule has 88 valence electrons. The molecule has 1 N–H and O–H groups in total. The second-order valence-electron chi connectivity index (χ2n) is 5.62. The van der Waals surface area contributed by atoms with Gasteiger partial charge >= 0.3 is 0 Å². The van der Waals surface area contributed by atoms with E-state index in [2.05, 4.69) is 26.2 Å². The van der Waals surface area contributed by atoms with Gasteiger partial charge in [0.25, 0.3) is 0 Å². The molecule has 0 aliphatic carbocycles. The topological polar surface area (TPSA) is 20.2 Å². The van der Waals surface area contributed by atoms with Crippen LogP contribution in [0.2, 0.25) is 25.7 Å². The van der Waals surface area contributed by atoms with E-state index in [0.717, 1.165) is 11.6 Å². The fourth-order valence-electron chi connectivity index (χ4n) is 1.89. The van der Waals surface area contributed by atoms with E-state index in [4.69, 9.17) is 0 Å². The van der Waals surface area contributed by atoms with Gasteiger partial charge in [-0.05, 0) is 18.0 Å². The van der Waals surface area contributed by atoms with Crippen molar-refractivity contribution in [2.75, 3.05) is 0 Å². The van der Waals surface area contributed by atoms with Gasteiger partial charge in [0.1, 0.15) is 0 Å². The molecule has 0 bridgehead atoms. The maximum Gasteiger partial charge on any atom is 0.0826 e. The summed E-state index contributed by atoms with van der Waals surface area (Å²) in [6.45, 7) is 11.1. The fourth-order valence-corrected chi connectivity index (χ4v) is 3.53. The zero-order valence-electron chi connectivity index (χ0n) is 10.5. The van der Waals surface area contributed by atoms with Crippen LogP contribution in [0.1, 0.15) is 18.1 Å². The van der Waals surface area contributed by atoms with Gasteiger partial charge < -0.3 is 5.11 Å². The number of rotatable bonds is 5. The molecule has 0 heterocycles. The van der Waals surface area contributed by atoms with Crippen molar-refractivity contribution in [3.63, 3.8) is 0 Å². The van der Waals surface area contributed by atoms with Crippen LogP contribution < -0.4 is 0 Å². The Morgan fingerprint density at radius 2 is 1.81 bits per heavy atom. The molecule has 1 atom stereocenters. The van der Waals surface area contributed by atoms with Gasteiger partial charge in [-0.15, -0.1) is 6.58 Å². The lowest BCUT2D eigenvalue weighted by molar-refractivity contribution is 0.178. The predicted molar refractivity (Wildman–Crippen MR) is 73.3 cm³/mol. The van der Waals surface area contributed by atoms with E-state index in [1.165, 1.54) is 5.57 Å². The van der Waals surface area contributed by atoms with Gasteiger partial charge in [-0.1, -0.05) is 55.5 Å². The average Bonchev–Trinajstić information content (AvgIpc) is 2.16. The molecule has 1 nitrogen and oxygen atoms in total. The highest BCUT2D eigenvalue weighted by Gasteiger charge is 2.16. The molecular formula is C14H22OSi. The van der Waals surface area contributed by atoms with Crippen LogP contribution in [0.4, 0.5) is 0 Å². The summed E-state index contributed by atoms with van der Waals surface area (Å²) in [6, 6.07) is 10.9. The number of benzene rings is 1. The van der Waals surface area contributed by atoms with Crippen LogP contribution in [0.25, 0.3) is 0 Å². The molecule has 0 aromatic heterocycles. The minimum Gasteiger partial charge on any atom is -0.388 e. The molecule has 16 heavy (non-hydrogen) atoms. The Morgan fingerprint density at radius 3 is 2.31 bits per heavy atom. The van der Waals surface area contributed by atoms with E-state index in [1.807, 2.05) is 30.3 Å². The van der Waals surface area contributed by atoms with Gasteiger partial charge in [-0.25, -0.2) is 0 Å². The van der Waals surface area contributed by atoms with Crippen molar-refractivity contribution in [2.45, 2.75) is 38.2 Å². The first-order valence-corrected chi connectivity index (χ1v) is 9.49. The largest absolute Gasteiger partial charge is 0.388 e. The Bertz CT molecular complexity index is 338. The molecule has 1 rings (SSSR count). The van der Waals surface area contributed by atoms with E-state index in [0.29, 0.717) is 6.42 Å². The van der Waals surface area contributed by atoms with Crippen LogP contribution >= 0.6 is 0 Å². The van der Waals surface area contributed by atoms with E-state index in [9.17, 15) is 5.11 Å². The fraction of sp³-hybridized carbons (Fsp3) is 0.429. The van der Waals surface area contributed by atoms with Gasteiger partial charge in [0.05, 0.1) is 6.10 Å². The first-order valence-electron chi connectivity index (χ1n) is 5.78. The van der Waals surface area contributed by atoms with Crippen molar-refractivity contribution in [1.29, 1.82) is 0 Å². The first kappa shape index (κ1) is 13.2. The number of aliphatic hydroxyl groups excluding tert-OH is 1. The summed E-state index contributed by atoms with van der Waals surface area (Å²) >= 11 is 0. The molecule has 0 saturated heterocycles. The summed E-state index contributed by atoms with van der Waals surface area (Å²) in [5, 5.41) is 10.0. The molecule has 2 heteroatoms. The first-order chi connectivity index (χ1) is 7.38. The van der Waals surface area contributed by atoms with Crippen LogP contribution in [0.15, 0.2) is 42.5 Å². The highest BCUT2D eigenvalue weighted by Crippen LogP contribution is 2.25. The van der Waals surface area contributed by atoms with Crippen LogP contribution in [-0.2, 0) is 0 Å². The molecule has 0 saturated carbocycles. The normalized spacial score (nSPS) is 13.5. The Labute approximate surface area is 99.8 Å². The van der Waals surface area contributed by atoms with Gasteiger partial charge in [-0.3, -0.25) is 0 Å². The minimum atomic E-state index is -1.10. The van der Waals surface area contributed by atoms with Crippen LogP contribution in [0, 0.1) is 0 Å². The second-order valence-corrected chi connectivity index (χ2v) is 11.1. The van der Waals surface area contributed by atoms with Crippen molar-refractivity contribution >= 4 is 8.07 Å². The van der Waals surface area contributed by atoms with Crippen molar-refractivity contribution in [3.8, 4) is 0 Å². The summed E-state index contributed by atoms with van der Waals surface area (Å²) in [5.74, 6) is 0. The van der Waals surface area contributed by atoms with Crippen molar-refractivity contribution < 1.29 is 5.11 Å². The number of hydrogen-bond donors (Lipinski definition) is 1. The summed E-state index contributed by atoms with van der Waals surface area (Å²) in [6.07, 6.45) is 0.291. The molecule has 0 unspecified atom stereocenters. The predicted octanol–water partition coefficient (Wildman–Crippen LogP) is 4.00. The third kappa shape index (κ3) is 4.77. The lowest BCUT2D eigenvalue weighted by atomic mass is 10.0. The monoisotopic (exact) mass is 234 g/mol. The minimum absolute atomic E-state index is 0.398. The Hall–Kier alpha value is -0.863. The Morgan fingerprint density at radius 1 is 1.25 bits per heavy atom. The van der Waals surface area contributed by atoms with Crippen LogP contribution in [0.3, 0.4) is 0 Å². The molecule has 0 radical (unpaired) electrons. The standard InChI is InChI=1S/C14H22OSi/c1-12(11-16(2,3)4)10-14(15)13-8-6-5-7-9-13/h5-9,14-15H,1,10-11H2,2-4H3/t14-/m1/s1. The number of aliphatic hydroxyl groups is 1. The van der Waals surface area contributed by atoms with Crippen molar-refractivity contribution in [3.05, 3.63) is 48.0 Å². The van der Waals surface area contributed by atoms with E-state index in [1.54, 1.807) is 0 Å². The zero-order chi connectivity index (χ0) is 12.2. The highest BCUT2D eigenvalue weighted by molar-refractivity contribution is 6.76. The maximum atomic E-state index is 10.0. The van der Waals surface area contributed by atoms with Gasteiger partial charge in [0.2, 0.25) is 0 Å². The average molecular weight is 234 g/mol. The van der Waals surface area contributed by atoms with E-state index < -0.39 is 14.2 Å². The quantitative estimate of drug-likeness (QED) is 0.603. The smallest absolute Gasteiger partial charge is 0.0826 e. The molecular weight excluding hydrogens is 212 g/mol. The maximum absolute atomic E-state index is 10.0. The lowest BCUT2D eigenvalue weighted by Gasteiger charge is -2.19. The third-order valence-electron chi connectivity index (χ3n) is 2.45. The van der Waals surface area contributed by atoms with Gasteiger partial charge in [0.15, 0.2) is 0 Å². The van der Waals surface area contributed by atoms with Crippen molar-refractivity contribution in [2.24, 2.45) is 0 Å². The third-order valence-corrected chi connectivity index (χ3v) is 4.01. The molecule has 0 aliphatic rings. The SMILES string of the molecule is C=C(C[C@@H](O)c1ccccc1)C[Si](C)(C)C. The second kappa shape index (κ2) is 5.46. The summed E-state index contributed by atoms with van der Waals surface area (Å²) in [5.41, 5.74) is 2.16. The molecule has 0 aliphatic heterocycles. The van der Waals surface area contributed by atoms with E-state index in [-0.39, 0.29) is 0 Å². The molecule has 0 fully saturated rings. The number of hydrogen-bond acceptors (Lipinski definition) is 1. The zero-order valence-corrected chi connectivity index (χ0v) is 11.5. The Balaban J connectivity index is 2.52. The van der Waals surface area contributed by atoms with Crippen LogP contribution in [-0.4, -0.2) is 13.2 Å². The van der Waals surface area contributed by atoms with Gasteiger partial charge in [-0.2, -0.15) is 0 Å². The molecule has 1 aromatic carbocycles. The molecule has 1 aromatic rings.